The first-order valence-electron chi connectivity index (χ1n) is 3.95. The summed E-state index contributed by atoms with van der Waals surface area (Å²) in [6, 6.07) is -0.759. The van der Waals surface area contributed by atoms with E-state index in [9.17, 15) is 15.0 Å². The zero-order valence-corrected chi connectivity index (χ0v) is 7.12. The first kappa shape index (κ1) is 10.4. The molecular weight excluding hydrogens is 178 g/mol. The SMILES string of the molecule is CC1O[C@H](C(=O)O)C(O)[C@H](O)C1N. The normalized spacial score (nSPS) is 46.0. The summed E-state index contributed by atoms with van der Waals surface area (Å²) in [5.74, 6) is -1.30. The summed E-state index contributed by atoms with van der Waals surface area (Å²) >= 11 is 0. The molecule has 0 bridgehead atoms. The standard InChI is InChI=1S/C7H13NO5/c1-2-3(8)4(9)5(10)6(13-2)7(11)12/h2-6,9-10H,8H2,1H3,(H,11,12)/t2?,3?,4-,5?,6+/m1/s1. The number of aliphatic carboxylic acids is 1. The van der Waals surface area contributed by atoms with E-state index in [1.54, 1.807) is 6.92 Å². The van der Waals surface area contributed by atoms with E-state index in [-0.39, 0.29) is 0 Å². The van der Waals surface area contributed by atoms with Gasteiger partial charge in [0.15, 0.2) is 6.10 Å². The minimum Gasteiger partial charge on any atom is -0.479 e. The first-order chi connectivity index (χ1) is 5.95. The predicted molar refractivity (Wildman–Crippen MR) is 42.0 cm³/mol. The Morgan fingerprint density at radius 2 is 1.92 bits per heavy atom. The molecule has 5 atom stereocenters. The van der Waals surface area contributed by atoms with Crippen LogP contribution in [0.25, 0.3) is 0 Å². The van der Waals surface area contributed by atoms with Crippen LogP contribution in [-0.4, -0.2) is 51.7 Å². The van der Waals surface area contributed by atoms with Crippen LogP contribution in [0.3, 0.4) is 0 Å². The largest absolute Gasteiger partial charge is 0.479 e. The molecule has 13 heavy (non-hydrogen) atoms. The van der Waals surface area contributed by atoms with E-state index < -0.39 is 36.4 Å². The van der Waals surface area contributed by atoms with Crippen LogP contribution in [0, 0.1) is 0 Å². The number of aliphatic hydroxyl groups excluding tert-OH is 2. The highest BCUT2D eigenvalue weighted by molar-refractivity contribution is 5.73. The van der Waals surface area contributed by atoms with Gasteiger partial charge < -0.3 is 25.8 Å². The molecule has 1 fully saturated rings. The second kappa shape index (κ2) is 3.59. The van der Waals surface area contributed by atoms with E-state index in [1.165, 1.54) is 0 Å². The average molecular weight is 191 g/mol. The van der Waals surface area contributed by atoms with Gasteiger partial charge in [-0.1, -0.05) is 0 Å². The van der Waals surface area contributed by atoms with Gasteiger partial charge in [-0.2, -0.15) is 0 Å². The molecule has 0 aliphatic carbocycles. The molecule has 6 heteroatoms. The smallest absolute Gasteiger partial charge is 0.335 e. The Kier molecular flexibility index (Phi) is 2.87. The fourth-order valence-electron chi connectivity index (χ4n) is 1.29. The predicted octanol–water partition coefficient (Wildman–Crippen LogP) is -2.09. The number of hydrogen-bond acceptors (Lipinski definition) is 5. The highest BCUT2D eigenvalue weighted by Crippen LogP contribution is 2.19. The lowest BCUT2D eigenvalue weighted by molar-refractivity contribution is -0.195. The third-order valence-electron chi connectivity index (χ3n) is 2.20. The summed E-state index contributed by atoms with van der Waals surface area (Å²) < 4.78 is 4.91. The Bertz CT molecular complexity index is 209. The number of hydrogen-bond donors (Lipinski definition) is 4. The number of carboxylic acid groups (broad SMARTS) is 1. The molecule has 3 unspecified atom stereocenters. The number of ether oxygens (including phenoxy) is 1. The highest BCUT2D eigenvalue weighted by Gasteiger charge is 2.44. The summed E-state index contributed by atoms with van der Waals surface area (Å²) in [5, 5.41) is 27.2. The highest BCUT2D eigenvalue weighted by atomic mass is 16.5. The van der Waals surface area contributed by atoms with Gasteiger partial charge in [0.25, 0.3) is 0 Å². The molecule has 5 N–H and O–H groups in total. The van der Waals surface area contributed by atoms with E-state index in [0.29, 0.717) is 0 Å². The van der Waals surface area contributed by atoms with E-state index in [0.717, 1.165) is 0 Å². The lowest BCUT2D eigenvalue weighted by Gasteiger charge is -2.38. The minimum absolute atomic E-state index is 0.584. The Hall–Kier alpha value is -0.690. The van der Waals surface area contributed by atoms with Crippen LogP contribution in [0.2, 0.25) is 0 Å². The van der Waals surface area contributed by atoms with Crippen molar-refractivity contribution in [2.75, 3.05) is 0 Å². The minimum atomic E-state index is -1.47. The van der Waals surface area contributed by atoms with E-state index >= 15 is 0 Å². The van der Waals surface area contributed by atoms with E-state index in [1.807, 2.05) is 0 Å². The summed E-state index contributed by atoms with van der Waals surface area (Å²) in [6.45, 7) is 1.55. The van der Waals surface area contributed by atoms with Gasteiger partial charge in [0.2, 0.25) is 0 Å². The van der Waals surface area contributed by atoms with E-state index in [4.69, 9.17) is 15.6 Å². The third kappa shape index (κ3) is 1.80. The van der Waals surface area contributed by atoms with Gasteiger partial charge in [0.05, 0.1) is 12.1 Å². The van der Waals surface area contributed by atoms with Crippen molar-refractivity contribution in [1.29, 1.82) is 0 Å². The Balaban J connectivity index is 2.76. The zero-order valence-electron chi connectivity index (χ0n) is 7.12. The number of rotatable bonds is 1. The molecule has 0 aromatic carbocycles. The fourth-order valence-corrected chi connectivity index (χ4v) is 1.29. The molecule has 0 spiro atoms. The average Bonchev–Trinajstić information content (AvgIpc) is 2.07. The molecule has 1 heterocycles. The van der Waals surface area contributed by atoms with Crippen LogP contribution in [0.1, 0.15) is 6.92 Å². The van der Waals surface area contributed by atoms with Crippen LogP contribution in [-0.2, 0) is 9.53 Å². The molecule has 0 amide bonds. The Morgan fingerprint density at radius 3 is 2.38 bits per heavy atom. The molecule has 0 saturated carbocycles. The van der Waals surface area contributed by atoms with Crippen molar-refractivity contribution >= 4 is 5.97 Å². The molecule has 1 rings (SSSR count). The van der Waals surface area contributed by atoms with Crippen molar-refractivity contribution in [3.05, 3.63) is 0 Å². The summed E-state index contributed by atoms with van der Waals surface area (Å²) in [4.78, 5) is 10.5. The maximum absolute atomic E-state index is 10.5. The Morgan fingerprint density at radius 1 is 1.38 bits per heavy atom. The molecule has 76 valence electrons. The zero-order chi connectivity index (χ0) is 10.2. The van der Waals surface area contributed by atoms with Gasteiger partial charge in [-0.25, -0.2) is 4.79 Å². The second-order valence-corrected chi connectivity index (χ2v) is 3.16. The van der Waals surface area contributed by atoms with Gasteiger partial charge >= 0.3 is 5.97 Å². The molecule has 1 saturated heterocycles. The van der Waals surface area contributed by atoms with Gasteiger partial charge in [0.1, 0.15) is 12.2 Å². The summed E-state index contributed by atoms with van der Waals surface area (Å²) in [7, 11) is 0. The van der Waals surface area contributed by atoms with Crippen molar-refractivity contribution in [1.82, 2.24) is 0 Å². The number of aliphatic hydroxyl groups is 2. The lowest BCUT2D eigenvalue weighted by Crippen LogP contribution is -2.62. The monoisotopic (exact) mass is 191 g/mol. The van der Waals surface area contributed by atoms with Gasteiger partial charge in [-0.05, 0) is 6.92 Å². The third-order valence-corrected chi connectivity index (χ3v) is 2.20. The quantitative estimate of drug-likeness (QED) is 0.378. The molecule has 1 aliphatic rings. The van der Waals surface area contributed by atoms with Gasteiger partial charge in [0, 0.05) is 0 Å². The van der Waals surface area contributed by atoms with Crippen LogP contribution in [0.4, 0.5) is 0 Å². The molecule has 6 nitrogen and oxygen atoms in total. The summed E-state index contributed by atoms with van der Waals surface area (Å²) in [5.41, 5.74) is 5.45. The maximum Gasteiger partial charge on any atom is 0.335 e. The van der Waals surface area contributed by atoms with E-state index in [2.05, 4.69) is 0 Å². The molecule has 0 aromatic heterocycles. The second-order valence-electron chi connectivity index (χ2n) is 3.16. The lowest BCUT2D eigenvalue weighted by atomic mass is 9.94. The van der Waals surface area contributed by atoms with Crippen molar-refractivity contribution in [3.63, 3.8) is 0 Å². The molecule has 0 radical (unpaired) electrons. The number of carbonyl (C=O) groups is 1. The summed E-state index contributed by atoms with van der Waals surface area (Å²) in [6.07, 6.45) is -4.71. The van der Waals surface area contributed by atoms with Crippen LogP contribution in [0.5, 0.6) is 0 Å². The van der Waals surface area contributed by atoms with Crippen molar-refractivity contribution in [3.8, 4) is 0 Å². The number of nitrogens with two attached hydrogens (primary N) is 1. The Labute approximate surface area is 74.9 Å². The molecular formula is C7H13NO5. The topological polar surface area (TPSA) is 113 Å². The number of carboxylic acids is 1. The van der Waals surface area contributed by atoms with Crippen molar-refractivity contribution in [2.45, 2.75) is 37.4 Å². The van der Waals surface area contributed by atoms with Gasteiger partial charge in [-0.15, -0.1) is 0 Å². The van der Waals surface area contributed by atoms with Crippen molar-refractivity contribution < 1.29 is 24.9 Å². The van der Waals surface area contributed by atoms with Crippen LogP contribution in [0.15, 0.2) is 0 Å². The molecule has 0 aromatic rings. The maximum atomic E-state index is 10.5. The fraction of sp³-hybridized carbons (Fsp3) is 0.857. The van der Waals surface area contributed by atoms with Crippen molar-refractivity contribution in [2.24, 2.45) is 5.73 Å². The molecule has 1 aliphatic heterocycles. The first-order valence-corrected chi connectivity index (χ1v) is 3.95. The van der Waals surface area contributed by atoms with Crippen LogP contribution < -0.4 is 5.73 Å². The van der Waals surface area contributed by atoms with Crippen LogP contribution >= 0.6 is 0 Å². The van der Waals surface area contributed by atoms with Gasteiger partial charge in [-0.3, -0.25) is 0 Å².